The normalized spacial score (nSPS) is 22.6. The first-order valence-electron chi connectivity index (χ1n) is 7.53. The summed E-state index contributed by atoms with van der Waals surface area (Å²) in [7, 11) is 0. The predicted octanol–water partition coefficient (Wildman–Crippen LogP) is 3.13. The summed E-state index contributed by atoms with van der Waals surface area (Å²) < 4.78 is 0. The lowest BCUT2D eigenvalue weighted by Gasteiger charge is -2.33. The van der Waals surface area contributed by atoms with Crippen molar-refractivity contribution in [2.45, 2.75) is 59.4 Å². The van der Waals surface area contributed by atoms with E-state index in [0.717, 1.165) is 11.8 Å². The molecule has 0 amide bonds. The molecule has 0 aromatic carbocycles. The third-order valence-electron chi connectivity index (χ3n) is 3.67. The number of hydrogen-bond donors (Lipinski definition) is 1. The largest absolute Gasteiger partial charge is 0.314 e. The number of nitrogens with zero attached hydrogens (tertiary/aromatic N) is 1. The first kappa shape index (κ1) is 15.0. The number of rotatable bonds is 7. The molecule has 1 heterocycles. The van der Waals surface area contributed by atoms with Crippen LogP contribution in [0.4, 0.5) is 0 Å². The van der Waals surface area contributed by atoms with Crippen molar-refractivity contribution >= 4 is 0 Å². The Morgan fingerprint density at radius 2 is 2.00 bits per heavy atom. The molecule has 0 aliphatic carbocycles. The molecule has 0 radical (unpaired) electrons. The van der Waals surface area contributed by atoms with Crippen molar-refractivity contribution in [2.24, 2.45) is 11.8 Å². The van der Waals surface area contributed by atoms with Crippen LogP contribution in [0.25, 0.3) is 0 Å². The molecular formula is C15H32N2. The molecule has 1 aliphatic heterocycles. The average molecular weight is 240 g/mol. The minimum Gasteiger partial charge on any atom is -0.314 e. The molecule has 1 rings (SSSR count). The first-order chi connectivity index (χ1) is 8.08. The highest BCUT2D eigenvalue weighted by Crippen LogP contribution is 2.17. The van der Waals surface area contributed by atoms with Crippen LogP contribution in [0.1, 0.15) is 53.4 Å². The molecule has 17 heavy (non-hydrogen) atoms. The van der Waals surface area contributed by atoms with Crippen molar-refractivity contribution in [3.05, 3.63) is 0 Å². The zero-order valence-electron chi connectivity index (χ0n) is 12.3. The Labute approximate surface area is 108 Å². The third-order valence-corrected chi connectivity index (χ3v) is 3.67. The van der Waals surface area contributed by atoms with Crippen LogP contribution in [-0.2, 0) is 0 Å². The molecule has 0 spiro atoms. The topological polar surface area (TPSA) is 15.3 Å². The molecule has 2 heteroatoms. The van der Waals surface area contributed by atoms with Crippen LogP contribution >= 0.6 is 0 Å². The first-order valence-corrected chi connectivity index (χ1v) is 7.53. The van der Waals surface area contributed by atoms with Gasteiger partial charge in [-0.15, -0.1) is 0 Å². The van der Waals surface area contributed by atoms with E-state index < -0.39 is 0 Å². The Bertz CT molecular complexity index is 189. The van der Waals surface area contributed by atoms with E-state index in [4.69, 9.17) is 0 Å². The lowest BCUT2D eigenvalue weighted by Crippen LogP contribution is -2.41. The number of nitrogens with one attached hydrogen (secondary N) is 1. The van der Waals surface area contributed by atoms with Gasteiger partial charge >= 0.3 is 0 Å². The van der Waals surface area contributed by atoms with E-state index >= 15 is 0 Å². The fourth-order valence-electron chi connectivity index (χ4n) is 2.65. The fourth-order valence-corrected chi connectivity index (χ4v) is 2.65. The van der Waals surface area contributed by atoms with Crippen LogP contribution in [0.3, 0.4) is 0 Å². The molecule has 102 valence electrons. The molecule has 1 aliphatic rings. The van der Waals surface area contributed by atoms with Crippen molar-refractivity contribution in [3.63, 3.8) is 0 Å². The SMILES string of the molecule is CC(C)CCCN1CCCC(CNC(C)C)C1. The maximum atomic E-state index is 3.58. The van der Waals surface area contributed by atoms with E-state index in [9.17, 15) is 0 Å². The van der Waals surface area contributed by atoms with Crippen LogP contribution < -0.4 is 5.32 Å². The molecule has 1 fully saturated rings. The van der Waals surface area contributed by atoms with E-state index in [1.165, 1.54) is 51.9 Å². The van der Waals surface area contributed by atoms with Gasteiger partial charge in [-0.05, 0) is 57.2 Å². The molecular weight excluding hydrogens is 208 g/mol. The highest BCUT2D eigenvalue weighted by molar-refractivity contribution is 4.75. The molecule has 0 aromatic heterocycles. The number of likely N-dealkylation sites (tertiary alicyclic amines) is 1. The van der Waals surface area contributed by atoms with E-state index in [-0.39, 0.29) is 0 Å². The van der Waals surface area contributed by atoms with Gasteiger partial charge in [0.2, 0.25) is 0 Å². The highest BCUT2D eigenvalue weighted by Gasteiger charge is 2.19. The van der Waals surface area contributed by atoms with Crippen LogP contribution in [0.5, 0.6) is 0 Å². The smallest absolute Gasteiger partial charge is 0.00218 e. The second-order valence-corrected chi connectivity index (χ2v) is 6.41. The summed E-state index contributed by atoms with van der Waals surface area (Å²) in [6.07, 6.45) is 5.57. The van der Waals surface area contributed by atoms with E-state index in [1.54, 1.807) is 0 Å². The zero-order valence-corrected chi connectivity index (χ0v) is 12.3. The molecule has 1 N–H and O–H groups in total. The van der Waals surface area contributed by atoms with Crippen LogP contribution in [0, 0.1) is 11.8 Å². The summed E-state index contributed by atoms with van der Waals surface area (Å²) in [4.78, 5) is 2.68. The number of hydrogen-bond acceptors (Lipinski definition) is 2. The van der Waals surface area contributed by atoms with Crippen LogP contribution in [0.15, 0.2) is 0 Å². The van der Waals surface area contributed by atoms with Crippen molar-refractivity contribution in [2.75, 3.05) is 26.2 Å². The second kappa shape index (κ2) is 8.10. The third kappa shape index (κ3) is 7.05. The standard InChI is InChI=1S/C15H32N2/c1-13(2)7-5-9-17-10-6-8-15(12-17)11-16-14(3)4/h13-16H,5-12H2,1-4H3. The summed E-state index contributed by atoms with van der Waals surface area (Å²) in [6, 6.07) is 0.631. The Balaban J connectivity index is 2.14. The summed E-state index contributed by atoms with van der Waals surface area (Å²) in [5, 5.41) is 3.58. The van der Waals surface area contributed by atoms with E-state index in [0.29, 0.717) is 6.04 Å². The quantitative estimate of drug-likeness (QED) is 0.735. The van der Waals surface area contributed by atoms with Gasteiger partial charge in [0, 0.05) is 12.6 Å². The van der Waals surface area contributed by atoms with Gasteiger partial charge in [0.1, 0.15) is 0 Å². The Morgan fingerprint density at radius 3 is 2.65 bits per heavy atom. The second-order valence-electron chi connectivity index (χ2n) is 6.41. The van der Waals surface area contributed by atoms with Crippen molar-refractivity contribution < 1.29 is 0 Å². The van der Waals surface area contributed by atoms with Crippen LogP contribution in [0.2, 0.25) is 0 Å². The highest BCUT2D eigenvalue weighted by atomic mass is 15.1. The molecule has 0 aromatic rings. The van der Waals surface area contributed by atoms with E-state index in [2.05, 4.69) is 37.9 Å². The lowest BCUT2D eigenvalue weighted by molar-refractivity contribution is 0.166. The summed E-state index contributed by atoms with van der Waals surface area (Å²) >= 11 is 0. The van der Waals surface area contributed by atoms with Gasteiger partial charge in [0.25, 0.3) is 0 Å². The minimum absolute atomic E-state index is 0.631. The molecule has 0 saturated carbocycles. The van der Waals surface area contributed by atoms with Gasteiger partial charge in [-0.1, -0.05) is 27.7 Å². The Kier molecular flexibility index (Phi) is 7.14. The molecule has 0 bridgehead atoms. The van der Waals surface area contributed by atoms with Crippen molar-refractivity contribution in [1.82, 2.24) is 10.2 Å². The lowest BCUT2D eigenvalue weighted by atomic mass is 9.97. The van der Waals surface area contributed by atoms with Gasteiger partial charge < -0.3 is 10.2 Å². The minimum atomic E-state index is 0.631. The molecule has 1 atom stereocenters. The number of piperidine rings is 1. The average Bonchev–Trinajstić information content (AvgIpc) is 2.26. The summed E-state index contributed by atoms with van der Waals surface area (Å²) in [6.45, 7) is 14.3. The molecule has 1 unspecified atom stereocenters. The zero-order chi connectivity index (χ0) is 12.7. The molecule has 1 saturated heterocycles. The maximum absolute atomic E-state index is 3.58. The van der Waals surface area contributed by atoms with Gasteiger partial charge in [-0.25, -0.2) is 0 Å². The van der Waals surface area contributed by atoms with Gasteiger partial charge in [-0.3, -0.25) is 0 Å². The molecule has 2 nitrogen and oxygen atoms in total. The fraction of sp³-hybridized carbons (Fsp3) is 1.00. The van der Waals surface area contributed by atoms with Crippen LogP contribution in [-0.4, -0.2) is 37.1 Å². The Hall–Kier alpha value is -0.0800. The summed E-state index contributed by atoms with van der Waals surface area (Å²) in [5.41, 5.74) is 0. The monoisotopic (exact) mass is 240 g/mol. The summed E-state index contributed by atoms with van der Waals surface area (Å²) in [5.74, 6) is 1.74. The Morgan fingerprint density at radius 1 is 1.24 bits per heavy atom. The van der Waals surface area contributed by atoms with Gasteiger partial charge in [-0.2, -0.15) is 0 Å². The van der Waals surface area contributed by atoms with Gasteiger partial charge in [0.15, 0.2) is 0 Å². The maximum Gasteiger partial charge on any atom is 0.00218 e. The van der Waals surface area contributed by atoms with E-state index in [1.807, 2.05) is 0 Å². The van der Waals surface area contributed by atoms with Gasteiger partial charge in [0.05, 0.1) is 0 Å². The predicted molar refractivity (Wildman–Crippen MR) is 76.4 cm³/mol. The van der Waals surface area contributed by atoms with Crippen molar-refractivity contribution in [1.29, 1.82) is 0 Å². The van der Waals surface area contributed by atoms with Crippen molar-refractivity contribution in [3.8, 4) is 0 Å².